The van der Waals surface area contributed by atoms with Crippen LogP contribution < -0.4 is 9.61 Å². The molecule has 0 fully saturated rings. The monoisotopic (exact) mass is 293 g/mol. The van der Waals surface area contributed by atoms with Gasteiger partial charge in [-0.05, 0) is 36.2 Å². The number of ether oxygens (including phenoxy) is 1. The van der Waals surface area contributed by atoms with Gasteiger partial charge in [0.1, 0.15) is 12.3 Å². The number of hydrogen-bond acceptors (Lipinski definition) is 4. The third kappa shape index (κ3) is 2.75. The summed E-state index contributed by atoms with van der Waals surface area (Å²) in [5, 5.41) is 8.95. The average Bonchev–Trinajstić information content (AvgIpc) is 2.75. The summed E-state index contributed by atoms with van der Waals surface area (Å²) in [7, 11) is 1.58. The van der Waals surface area contributed by atoms with Crippen molar-refractivity contribution in [3.63, 3.8) is 0 Å². The normalized spacial score (nSPS) is 10.5. The van der Waals surface area contributed by atoms with E-state index in [1.165, 1.54) is 4.57 Å². The molecule has 2 rings (SSSR count). The Kier molecular flexibility index (Phi) is 4.24. The first-order valence-electron chi connectivity index (χ1n) is 6.15. The Balaban J connectivity index is 2.57. The standard InChI is InChI=1S/C14H15NO4S/c1-3-11-13(9-4-6-10(19-2)7-5-9)15(8-12(16)17)14(18)20-11/h4-7H,3,8H2,1-2H3,(H,16,17). The van der Waals surface area contributed by atoms with Crippen LogP contribution in [-0.2, 0) is 17.8 Å². The first-order valence-corrected chi connectivity index (χ1v) is 6.97. The Hall–Kier alpha value is -2.08. The summed E-state index contributed by atoms with van der Waals surface area (Å²) in [6.07, 6.45) is 0.688. The molecule has 0 aliphatic carbocycles. The highest BCUT2D eigenvalue weighted by atomic mass is 32.1. The maximum absolute atomic E-state index is 11.9. The highest BCUT2D eigenvalue weighted by Crippen LogP contribution is 2.28. The lowest BCUT2D eigenvalue weighted by Crippen LogP contribution is -2.19. The summed E-state index contributed by atoms with van der Waals surface area (Å²) in [5.74, 6) is -0.309. The van der Waals surface area contributed by atoms with Crippen molar-refractivity contribution < 1.29 is 14.6 Å². The minimum atomic E-state index is -1.03. The van der Waals surface area contributed by atoms with Gasteiger partial charge in [-0.1, -0.05) is 18.3 Å². The van der Waals surface area contributed by atoms with Crippen LogP contribution in [0.15, 0.2) is 29.1 Å². The third-order valence-corrected chi connectivity index (χ3v) is 4.07. The van der Waals surface area contributed by atoms with Gasteiger partial charge in [-0.2, -0.15) is 0 Å². The van der Waals surface area contributed by atoms with E-state index in [-0.39, 0.29) is 11.4 Å². The van der Waals surface area contributed by atoms with Crippen molar-refractivity contribution >= 4 is 17.3 Å². The van der Waals surface area contributed by atoms with Crippen molar-refractivity contribution in [2.24, 2.45) is 0 Å². The molecule has 0 bridgehead atoms. The number of thiazole rings is 1. The third-order valence-electron chi connectivity index (χ3n) is 2.94. The van der Waals surface area contributed by atoms with Gasteiger partial charge in [0.2, 0.25) is 0 Å². The van der Waals surface area contributed by atoms with Crippen LogP contribution in [0, 0.1) is 0 Å². The molecule has 1 heterocycles. The van der Waals surface area contributed by atoms with E-state index in [1.807, 2.05) is 19.1 Å². The zero-order valence-corrected chi connectivity index (χ0v) is 12.1. The molecule has 6 heteroatoms. The summed E-state index contributed by atoms with van der Waals surface area (Å²) in [4.78, 5) is 23.5. The van der Waals surface area contributed by atoms with Gasteiger partial charge in [0.15, 0.2) is 0 Å². The number of aromatic nitrogens is 1. The fraction of sp³-hybridized carbons (Fsp3) is 0.286. The van der Waals surface area contributed by atoms with Crippen LogP contribution in [0.1, 0.15) is 11.8 Å². The van der Waals surface area contributed by atoms with Gasteiger partial charge in [0.05, 0.1) is 12.8 Å². The Bertz CT molecular complexity index is 669. The van der Waals surface area contributed by atoms with E-state index in [4.69, 9.17) is 9.84 Å². The molecule has 106 valence electrons. The van der Waals surface area contributed by atoms with E-state index < -0.39 is 5.97 Å². The first-order chi connectivity index (χ1) is 9.56. The van der Waals surface area contributed by atoms with Gasteiger partial charge >= 0.3 is 10.8 Å². The Labute approximate surface area is 120 Å². The summed E-state index contributed by atoms with van der Waals surface area (Å²) < 4.78 is 6.41. The van der Waals surface area contributed by atoms with E-state index >= 15 is 0 Å². The fourth-order valence-electron chi connectivity index (χ4n) is 2.03. The maximum atomic E-state index is 11.9. The van der Waals surface area contributed by atoms with E-state index in [2.05, 4.69) is 0 Å². The van der Waals surface area contributed by atoms with Crippen molar-refractivity contribution in [3.05, 3.63) is 38.8 Å². The number of benzene rings is 1. The van der Waals surface area contributed by atoms with E-state index in [0.29, 0.717) is 17.9 Å². The van der Waals surface area contributed by atoms with Crippen LogP contribution in [0.5, 0.6) is 5.75 Å². The van der Waals surface area contributed by atoms with Crippen molar-refractivity contribution in [1.29, 1.82) is 0 Å². The Morgan fingerprint density at radius 1 is 1.35 bits per heavy atom. The lowest BCUT2D eigenvalue weighted by molar-refractivity contribution is -0.137. The Morgan fingerprint density at radius 2 is 2.00 bits per heavy atom. The van der Waals surface area contributed by atoms with Crippen LogP contribution in [0.25, 0.3) is 11.3 Å². The molecule has 0 aliphatic rings. The molecular weight excluding hydrogens is 278 g/mol. The zero-order valence-electron chi connectivity index (χ0n) is 11.3. The molecule has 5 nitrogen and oxygen atoms in total. The van der Waals surface area contributed by atoms with Crippen molar-refractivity contribution in [1.82, 2.24) is 4.57 Å². The number of carbonyl (C=O) groups is 1. The second kappa shape index (κ2) is 5.92. The van der Waals surface area contributed by atoms with Gasteiger partial charge in [-0.15, -0.1) is 0 Å². The molecule has 1 aromatic carbocycles. The van der Waals surface area contributed by atoms with E-state index in [0.717, 1.165) is 21.8 Å². The number of methoxy groups -OCH3 is 1. The summed E-state index contributed by atoms with van der Waals surface area (Å²) in [6.45, 7) is 1.63. The molecule has 0 atom stereocenters. The molecule has 1 aromatic heterocycles. The Morgan fingerprint density at radius 3 is 2.50 bits per heavy atom. The molecule has 20 heavy (non-hydrogen) atoms. The topological polar surface area (TPSA) is 68.5 Å². The van der Waals surface area contributed by atoms with Crippen LogP contribution in [0.4, 0.5) is 0 Å². The number of nitrogens with zero attached hydrogens (tertiary/aromatic N) is 1. The molecule has 0 unspecified atom stereocenters. The second-order valence-corrected chi connectivity index (χ2v) is 5.25. The lowest BCUT2D eigenvalue weighted by atomic mass is 10.1. The highest BCUT2D eigenvalue weighted by molar-refractivity contribution is 7.09. The van der Waals surface area contributed by atoms with E-state index in [1.54, 1.807) is 19.2 Å². The van der Waals surface area contributed by atoms with Crippen LogP contribution >= 0.6 is 11.3 Å². The predicted octanol–water partition coefficient (Wildman–Crippen LogP) is 2.23. The first kappa shape index (κ1) is 14.3. The summed E-state index contributed by atoms with van der Waals surface area (Å²) >= 11 is 1.10. The minimum absolute atomic E-state index is 0.241. The minimum Gasteiger partial charge on any atom is -0.497 e. The van der Waals surface area contributed by atoms with Gasteiger partial charge < -0.3 is 9.84 Å². The van der Waals surface area contributed by atoms with Gasteiger partial charge in [-0.25, -0.2) is 0 Å². The number of carboxylic acid groups (broad SMARTS) is 1. The molecule has 0 aliphatic heterocycles. The summed E-state index contributed by atoms with van der Waals surface area (Å²) in [5.41, 5.74) is 1.51. The molecule has 1 N–H and O–H groups in total. The van der Waals surface area contributed by atoms with Gasteiger partial charge in [0, 0.05) is 4.88 Å². The highest BCUT2D eigenvalue weighted by Gasteiger charge is 2.17. The number of hydrogen-bond donors (Lipinski definition) is 1. The average molecular weight is 293 g/mol. The molecule has 0 radical (unpaired) electrons. The smallest absolute Gasteiger partial charge is 0.323 e. The van der Waals surface area contributed by atoms with Crippen molar-refractivity contribution in [2.45, 2.75) is 19.9 Å². The number of carboxylic acids is 1. The fourth-order valence-corrected chi connectivity index (χ4v) is 2.98. The predicted molar refractivity (Wildman–Crippen MR) is 77.6 cm³/mol. The largest absolute Gasteiger partial charge is 0.497 e. The van der Waals surface area contributed by atoms with Gasteiger partial charge in [-0.3, -0.25) is 14.2 Å². The van der Waals surface area contributed by atoms with Crippen molar-refractivity contribution in [3.8, 4) is 17.0 Å². The molecule has 0 amide bonds. The number of aryl methyl sites for hydroxylation is 1. The molecule has 0 saturated carbocycles. The number of aliphatic carboxylic acids is 1. The maximum Gasteiger partial charge on any atom is 0.323 e. The van der Waals surface area contributed by atoms with Crippen LogP contribution in [-0.4, -0.2) is 22.8 Å². The second-order valence-electron chi connectivity index (χ2n) is 4.20. The quantitative estimate of drug-likeness (QED) is 0.918. The van der Waals surface area contributed by atoms with Gasteiger partial charge in [0.25, 0.3) is 0 Å². The van der Waals surface area contributed by atoms with Crippen LogP contribution in [0.2, 0.25) is 0 Å². The molecular formula is C14H15NO4S. The SMILES string of the molecule is CCc1sc(=O)n(CC(=O)O)c1-c1ccc(OC)cc1. The number of rotatable bonds is 5. The summed E-state index contributed by atoms with van der Waals surface area (Å²) in [6, 6.07) is 7.25. The van der Waals surface area contributed by atoms with Crippen LogP contribution in [0.3, 0.4) is 0 Å². The molecule has 0 saturated heterocycles. The van der Waals surface area contributed by atoms with E-state index in [9.17, 15) is 9.59 Å². The van der Waals surface area contributed by atoms with Crippen molar-refractivity contribution in [2.75, 3.05) is 7.11 Å². The zero-order chi connectivity index (χ0) is 14.7. The molecule has 0 spiro atoms. The molecule has 2 aromatic rings. The lowest BCUT2D eigenvalue weighted by Gasteiger charge is -2.08.